The van der Waals surface area contributed by atoms with E-state index in [0.717, 1.165) is 77.0 Å². The molecule has 0 bridgehead atoms. The molecule has 10 heteroatoms. The number of allylic oxidation sites excluding steroid dienone is 24. The minimum absolute atomic E-state index is 0. The molecule has 57 heavy (non-hydrogen) atoms. The molecule has 0 heterocycles. The van der Waals surface area contributed by atoms with Crippen LogP contribution in [0.1, 0.15) is 117 Å². The molecule has 0 aromatic rings. The van der Waals surface area contributed by atoms with Crippen molar-refractivity contribution in [2.75, 3.05) is 13.2 Å². The largest absolute Gasteiger partial charge is 1.00 e. The third kappa shape index (κ3) is 47.2. The summed E-state index contributed by atoms with van der Waals surface area (Å²) in [7, 11) is -5.05. The summed E-state index contributed by atoms with van der Waals surface area (Å²) in [4.78, 5) is 44.6. The van der Waals surface area contributed by atoms with E-state index >= 15 is 0 Å². The molecule has 0 saturated heterocycles. The van der Waals surface area contributed by atoms with E-state index in [2.05, 4.69) is 134 Å². The van der Waals surface area contributed by atoms with E-state index in [4.69, 9.17) is 14.4 Å². The normalized spacial score (nSPS) is 14.6. The van der Waals surface area contributed by atoms with Gasteiger partial charge < -0.3 is 23.8 Å². The van der Waals surface area contributed by atoms with Crippen molar-refractivity contribution in [3.05, 3.63) is 146 Å². The van der Waals surface area contributed by atoms with Crippen LogP contribution in [0.25, 0.3) is 0 Å². The standard InChI is InChI=1S/C47H69O8P.Na/c1-3-5-7-9-11-13-15-17-19-21-23-25-27-29-31-33-35-37-39-41-46(48)53-43-45(44-54-56(50,51)52)55-47(49)42-40-38-36-34-32-30-28-26-24-22-20-18-16-14-12-10-8-6-4-2;/h5-8,11-14,17-20,23-26,29-32,35-38,45H,3-4,9-10,15-16,21-22,27-28,33-34,39-44H2,1-2H3,(H2,50,51,52);/q;+1/p-1/b7-5-,8-6-,13-11-,14-12-,19-17-,20-18-,25-23-,26-24-,31-29-,32-30-,37-35-,38-36-;/t45-;/m1./s1. The number of carbonyl (C=O) groups excluding carboxylic acids is 2. The van der Waals surface area contributed by atoms with Crippen LogP contribution in [-0.4, -0.2) is 36.1 Å². The summed E-state index contributed by atoms with van der Waals surface area (Å²) in [5, 5.41) is 0. The zero-order valence-electron chi connectivity index (χ0n) is 34.9. The van der Waals surface area contributed by atoms with E-state index in [9.17, 15) is 19.0 Å². The Kier molecular flexibility index (Phi) is 43.3. The van der Waals surface area contributed by atoms with E-state index in [1.165, 1.54) is 0 Å². The zero-order valence-corrected chi connectivity index (χ0v) is 37.8. The summed E-state index contributed by atoms with van der Waals surface area (Å²) in [5.74, 6) is -1.14. The maximum absolute atomic E-state index is 12.3. The quantitative estimate of drug-likeness (QED) is 0.0296. The van der Waals surface area contributed by atoms with Gasteiger partial charge in [0.25, 0.3) is 7.82 Å². The molecule has 1 N–H and O–H groups in total. The Morgan fingerprint density at radius 3 is 1.07 bits per heavy atom. The average Bonchev–Trinajstić information content (AvgIpc) is 3.17. The first-order valence-corrected chi connectivity index (χ1v) is 21.6. The maximum Gasteiger partial charge on any atom is 1.00 e. The van der Waals surface area contributed by atoms with Crippen LogP contribution in [0.3, 0.4) is 0 Å². The minimum atomic E-state index is -5.05. The molecule has 0 aromatic carbocycles. The molecular weight excluding hydrogens is 746 g/mol. The van der Waals surface area contributed by atoms with Gasteiger partial charge in [0.1, 0.15) is 6.61 Å². The summed E-state index contributed by atoms with van der Waals surface area (Å²) >= 11 is 0. The first-order chi connectivity index (χ1) is 27.3. The van der Waals surface area contributed by atoms with E-state index in [1.54, 1.807) is 0 Å². The van der Waals surface area contributed by atoms with Crippen LogP contribution < -0.4 is 34.5 Å². The van der Waals surface area contributed by atoms with Crippen LogP contribution in [-0.2, 0) is 28.2 Å². The van der Waals surface area contributed by atoms with Crippen molar-refractivity contribution >= 4 is 19.8 Å². The predicted molar refractivity (Wildman–Crippen MR) is 232 cm³/mol. The molecule has 0 saturated carbocycles. The second kappa shape index (κ2) is 44.0. The minimum Gasteiger partial charge on any atom is -0.756 e. The molecule has 0 amide bonds. The SMILES string of the molecule is CC/C=C\C/C=C\C/C=C\C/C=C\C/C=C\C/C=C\CCC(=O)OC[C@H](COP(=O)([O-])O)OC(=O)CC/C=C\C/C=C\C/C=C\C/C=C\C/C=C\C/C=C\CC.[Na+]. The van der Waals surface area contributed by atoms with Crippen molar-refractivity contribution in [3.63, 3.8) is 0 Å². The fourth-order valence-electron chi connectivity index (χ4n) is 4.48. The van der Waals surface area contributed by atoms with Gasteiger partial charge in [0, 0.05) is 12.8 Å². The van der Waals surface area contributed by atoms with Crippen LogP contribution in [0.5, 0.6) is 0 Å². The molecule has 0 aliphatic rings. The number of phosphoric acid groups is 1. The van der Waals surface area contributed by atoms with Crippen molar-refractivity contribution in [1.82, 2.24) is 0 Å². The second-order valence-corrected chi connectivity index (χ2v) is 13.7. The first kappa shape index (κ1) is 56.0. The van der Waals surface area contributed by atoms with Crippen molar-refractivity contribution < 1.29 is 67.5 Å². The zero-order chi connectivity index (χ0) is 41.1. The van der Waals surface area contributed by atoms with Gasteiger partial charge in [0.15, 0.2) is 6.10 Å². The van der Waals surface area contributed by atoms with Gasteiger partial charge in [-0.05, 0) is 89.9 Å². The van der Waals surface area contributed by atoms with Gasteiger partial charge in [-0.15, -0.1) is 0 Å². The van der Waals surface area contributed by atoms with Gasteiger partial charge in [-0.3, -0.25) is 14.2 Å². The molecular formula is C47H68NaO8P. The average molecular weight is 815 g/mol. The van der Waals surface area contributed by atoms with Crippen LogP contribution in [0.2, 0.25) is 0 Å². The summed E-state index contributed by atoms with van der Waals surface area (Å²) in [5.41, 5.74) is 0. The van der Waals surface area contributed by atoms with Crippen LogP contribution in [0.4, 0.5) is 0 Å². The van der Waals surface area contributed by atoms with E-state index in [1.807, 2.05) is 30.4 Å². The Morgan fingerprint density at radius 2 is 0.772 bits per heavy atom. The second-order valence-electron chi connectivity index (χ2n) is 12.5. The molecule has 0 fully saturated rings. The smallest absolute Gasteiger partial charge is 0.756 e. The van der Waals surface area contributed by atoms with E-state index < -0.39 is 39.1 Å². The molecule has 0 aliphatic heterocycles. The third-order valence-electron chi connectivity index (χ3n) is 7.38. The van der Waals surface area contributed by atoms with Gasteiger partial charge in [0.05, 0.1) is 6.61 Å². The molecule has 0 spiro atoms. The summed E-state index contributed by atoms with van der Waals surface area (Å²) in [6.07, 6.45) is 61.4. The Balaban J connectivity index is 0. The third-order valence-corrected chi connectivity index (χ3v) is 7.85. The Bertz CT molecular complexity index is 1410. The number of esters is 2. The molecule has 1 unspecified atom stereocenters. The fraction of sp³-hybridized carbons (Fsp3) is 0.447. The fourth-order valence-corrected chi connectivity index (χ4v) is 4.83. The van der Waals surface area contributed by atoms with Gasteiger partial charge >= 0.3 is 41.5 Å². The predicted octanol–water partition coefficient (Wildman–Crippen LogP) is 8.88. The number of ether oxygens (including phenoxy) is 2. The first-order valence-electron chi connectivity index (χ1n) is 20.1. The van der Waals surface area contributed by atoms with Crippen LogP contribution in [0, 0.1) is 0 Å². The Hall–Kier alpha value is -3.07. The summed E-state index contributed by atoms with van der Waals surface area (Å²) in [6, 6.07) is 0. The van der Waals surface area contributed by atoms with Crippen LogP contribution >= 0.6 is 7.82 Å². The van der Waals surface area contributed by atoms with E-state index in [0.29, 0.717) is 12.8 Å². The molecule has 0 aliphatic carbocycles. The molecule has 8 nitrogen and oxygen atoms in total. The van der Waals surface area contributed by atoms with Gasteiger partial charge in [-0.2, -0.15) is 0 Å². The van der Waals surface area contributed by atoms with Crippen molar-refractivity contribution in [1.29, 1.82) is 0 Å². The van der Waals surface area contributed by atoms with Gasteiger partial charge in [-0.25, -0.2) is 0 Å². The Labute approximate surface area is 366 Å². The molecule has 2 atom stereocenters. The van der Waals surface area contributed by atoms with Crippen molar-refractivity contribution in [2.45, 2.75) is 123 Å². The monoisotopic (exact) mass is 814 g/mol. The maximum atomic E-state index is 12.3. The van der Waals surface area contributed by atoms with E-state index in [-0.39, 0.29) is 42.4 Å². The number of carbonyl (C=O) groups is 2. The van der Waals surface area contributed by atoms with Gasteiger partial charge in [-0.1, -0.05) is 160 Å². The molecule has 0 aromatic heterocycles. The number of hydrogen-bond donors (Lipinski definition) is 1. The number of phosphoric ester groups is 1. The molecule has 0 radical (unpaired) electrons. The summed E-state index contributed by atoms with van der Waals surface area (Å²) in [6.45, 7) is 3.21. The molecule has 310 valence electrons. The van der Waals surface area contributed by atoms with Gasteiger partial charge in [0.2, 0.25) is 0 Å². The van der Waals surface area contributed by atoms with Crippen LogP contribution in [0.15, 0.2) is 146 Å². The molecule has 0 rings (SSSR count). The van der Waals surface area contributed by atoms with Crippen molar-refractivity contribution in [3.8, 4) is 0 Å². The topological polar surface area (TPSA) is 122 Å². The summed E-state index contributed by atoms with van der Waals surface area (Å²) < 4.78 is 25.9. The Morgan fingerprint density at radius 1 is 0.491 bits per heavy atom. The number of rotatable bonds is 34. The number of hydrogen-bond acceptors (Lipinski definition) is 7. The van der Waals surface area contributed by atoms with Crippen molar-refractivity contribution in [2.24, 2.45) is 0 Å².